The van der Waals surface area contributed by atoms with Crippen LogP contribution in [0.2, 0.25) is 0 Å². The first kappa shape index (κ1) is 10.0. The first-order valence-corrected chi connectivity index (χ1v) is 4.75. The van der Waals surface area contributed by atoms with Crippen molar-refractivity contribution in [2.24, 2.45) is 5.92 Å². The third-order valence-electron chi connectivity index (χ3n) is 1.81. The van der Waals surface area contributed by atoms with Crippen LogP contribution in [0.3, 0.4) is 0 Å². The van der Waals surface area contributed by atoms with Crippen molar-refractivity contribution in [1.82, 2.24) is 4.98 Å². The number of aromatic nitrogens is 1. The Bertz CT molecular complexity index is 258. The van der Waals surface area contributed by atoms with Crippen molar-refractivity contribution in [3.63, 3.8) is 0 Å². The Morgan fingerprint density at radius 3 is 2.77 bits per heavy atom. The van der Waals surface area contributed by atoms with Gasteiger partial charge in [-0.25, -0.2) is 4.98 Å². The van der Waals surface area contributed by atoms with Crippen LogP contribution in [-0.2, 0) is 0 Å². The molecule has 1 aromatic rings. The molecular weight excluding hydrogens is 162 g/mol. The fraction of sp³-hybridized carbons (Fsp3) is 0.545. The standard InChI is InChI=1S/C11H17NO/c1-9(2)7-8-13-11-6-4-5-10(3)12-11/h4-6,9H,7-8H2,1-3H3. The number of nitrogens with zero attached hydrogens (tertiary/aromatic N) is 1. The lowest BCUT2D eigenvalue weighted by Gasteiger charge is -2.07. The van der Waals surface area contributed by atoms with E-state index in [1.54, 1.807) is 0 Å². The summed E-state index contributed by atoms with van der Waals surface area (Å²) in [7, 11) is 0. The second-order valence-electron chi connectivity index (χ2n) is 3.65. The van der Waals surface area contributed by atoms with Crippen molar-refractivity contribution in [1.29, 1.82) is 0 Å². The minimum atomic E-state index is 0.685. The number of hydrogen-bond donors (Lipinski definition) is 0. The summed E-state index contributed by atoms with van der Waals surface area (Å²) in [6.45, 7) is 7.10. The molecule has 13 heavy (non-hydrogen) atoms. The van der Waals surface area contributed by atoms with Gasteiger partial charge < -0.3 is 4.74 Å². The zero-order chi connectivity index (χ0) is 9.68. The molecule has 2 nitrogen and oxygen atoms in total. The Labute approximate surface area is 80.0 Å². The largest absolute Gasteiger partial charge is 0.478 e. The van der Waals surface area contributed by atoms with Crippen LogP contribution in [-0.4, -0.2) is 11.6 Å². The van der Waals surface area contributed by atoms with Gasteiger partial charge in [-0.3, -0.25) is 0 Å². The zero-order valence-electron chi connectivity index (χ0n) is 8.58. The summed E-state index contributed by atoms with van der Waals surface area (Å²) >= 11 is 0. The summed E-state index contributed by atoms with van der Waals surface area (Å²) < 4.78 is 5.49. The quantitative estimate of drug-likeness (QED) is 0.709. The molecule has 0 unspecified atom stereocenters. The molecule has 1 aromatic heterocycles. The van der Waals surface area contributed by atoms with E-state index in [9.17, 15) is 0 Å². The van der Waals surface area contributed by atoms with Crippen LogP contribution in [0.4, 0.5) is 0 Å². The van der Waals surface area contributed by atoms with Crippen LogP contribution in [0.1, 0.15) is 26.0 Å². The summed E-state index contributed by atoms with van der Waals surface area (Å²) in [4.78, 5) is 4.25. The van der Waals surface area contributed by atoms with E-state index in [1.807, 2.05) is 25.1 Å². The second-order valence-corrected chi connectivity index (χ2v) is 3.65. The van der Waals surface area contributed by atoms with Crippen molar-refractivity contribution in [3.05, 3.63) is 23.9 Å². The predicted molar refractivity (Wildman–Crippen MR) is 53.9 cm³/mol. The van der Waals surface area contributed by atoms with E-state index in [2.05, 4.69) is 18.8 Å². The zero-order valence-corrected chi connectivity index (χ0v) is 8.58. The third-order valence-corrected chi connectivity index (χ3v) is 1.81. The van der Waals surface area contributed by atoms with E-state index in [0.29, 0.717) is 5.92 Å². The Kier molecular flexibility index (Phi) is 3.74. The van der Waals surface area contributed by atoms with Crippen LogP contribution in [0.5, 0.6) is 5.88 Å². The Balaban J connectivity index is 2.37. The van der Waals surface area contributed by atoms with Gasteiger partial charge >= 0.3 is 0 Å². The molecule has 0 radical (unpaired) electrons. The molecular formula is C11H17NO. The second kappa shape index (κ2) is 4.85. The molecule has 72 valence electrons. The highest BCUT2D eigenvalue weighted by Gasteiger charge is 1.97. The summed E-state index contributed by atoms with van der Waals surface area (Å²) in [6, 6.07) is 5.83. The van der Waals surface area contributed by atoms with E-state index < -0.39 is 0 Å². The Morgan fingerprint density at radius 1 is 1.38 bits per heavy atom. The summed E-state index contributed by atoms with van der Waals surface area (Å²) in [5.74, 6) is 1.42. The molecule has 0 saturated carbocycles. The Hall–Kier alpha value is -1.05. The van der Waals surface area contributed by atoms with E-state index in [1.165, 1.54) is 0 Å². The van der Waals surface area contributed by atoms with Gasteiger partial charge in [0.2, 0.25) is 5.88 Å². The van der Waals surface area contributed by atoms with Gasteiger partial charge in [0.05, 0.1) is 6.61 Å². The molecule has 0 saturated heterocycles. The fourth-order valence-corrected chi connectivity index (χ4v) is 0.998. The number of pyridine rings is 1. The third kappa shape index (κ3) is 3.92. The fourth-order valence-electron chi connectivity index (χ4n) is 0.998. The predicted octanol–water partition coefficient (Wildman–Crippen LogP) is 2.81. The summed E-state index contributed by atoms with van der Waals surface area (Å²) in [5, 5.41) is 0. The SMILES string of the molecule is Cc1cccc(OCCC(C)C)n1. The highest BCUT2D eigenvalue weighted by atomic mass is 16.5. The van der Waals surface area contributed by atoms with Crippen molar-refractivity contribution < 1.29 is 4.74 Å². The molecule has 0 aliphatic rings. The number of ether oxygens (including phenoxy) is 1. The molecule has 0 amide bonds. The van der Waals surface area contributed by atoms with Crippen molar-refractivity contribution in [3.8, 4) is 5.88 Å². The molecule has 0 aliphatic heterocycles. The van der Waals surface area contributed by atoms with E-state index in [4.69, 9.17) is 4.74 Å². The molecule has 0 aliphatic carbocycles. The number of aryl methyl sites for hydroxylation is 1. The maximum Gasteiger partial charge on any atom is 0.213 e. The van der Waals surface area contributed by atoms with Crippen LogP contribution in [0.15, 0.2) is 18.2 Å². The van der Waals surface area contributed by atoms with Gasteiger partial charge in [-0.1, -0.05) is 19.9 Å². The van der Waals surface area contributed by atoms with E-state index in [-0.39, 0.29) is 0 Å². The summed E-state index contributed by atoms with van der Waals surface area (Å²) in [5.41, 5.74) is 1.00. The molecule has 0 bridgehead atoms. The molecule has 2 heteroatoms. The first-order chi connectivity index (χ1) is 6.18. The minimum absolute atomic E-state index is 0.685. The monoisotopic (exact) mass is 179 g/mol. The molecule has 0 atom stereocenters. The van der Waals surface area contributed by atoms with Gasteiger partial charge in [-0.05, 0) is 25.3 Å². The molecule has 1 rings (SSSR count). The van der Waals surface area contributed by atoms with E-state index in [0.717, 1.165) is 24.6 Å². The molecule has 0 aromatic carbocycles. The smallest absolute Gasteiger partial charge is 0.213 e. The lowest BCUT2D eigenvalue weighted by Crippen LogP contribution is -2.02. The maximum absolute atomic E-state index is 5.49. The maximum atomic E-state index is 5.49. The first-order valence-electron chi connectivity index (χ1n) is 4.75. The van der Waals surface area contributed by atoms with Crippen LogP contribution in [0.25, 0.3) is 0 Å². The normalized spacial score (nSPS) is 10.5. The molecule has 0 fully saturated rings. The van der Waals surface area contributed by atoms with E-state index >= 15 is 0 Å². The average Bonchev–Trinajstić information content (AvgIpc) is 2.03. The van der Waals surface area contributed by atoms with Crippen LogP contribution < -0.4 is 4.74 Å². The van der Waals surface area contributed by atoms with Gasteiger partial charge in [0.25, 0.3) is 0 Å². The van der Waals surface area contributed by atoms with Crippen LogP contribution >= 0.6 is 0 Å². The van der Waals surface area contributed by atoms with Gasteiger partial charge in [0, 0.05) is 11.8 Å². The Morgan fingerprint density at radius 2 is 2.15 bits per heavy atom. The van der Waals surface area contributed by atoms with Crippen molar-refractivity contribution >= 4 is 0 Å². The number of rotatable bonds is 4. The topological polar surface area (TPSA) is 22.1 Å². The van der Waals surface area contributed by atoms with Crippen molar-refractivity contribution in [2.45, 2.75) is 27.2 Å². The van der Waals surface area contributed by atoms with Gasteiger partial charge in [0.1, 0.15) is 0 Å². The number of hydrogen-bond acceptors (Lipinski definition) is 2. The minimum Gasteiger partial charge on any atom is -0.478 e. The van der Waals surface area contributed by atoms with Crippen LogP contribution in [0, 0.1) is 12.8 Å². The van der Waals surface area contributed by atoms with Gasteiger partial charge in [0.15, 0.2) is 0 Å². The average molecular weight is 179 g/mol. The van der Waals surface area contributed by atoms with Crippen molar-refractivity contribution in [2.75, 3.05) is 6.61 Å². The van der Waals surface area contributed by atoms with Gasteiger partial charge in [-0.2, -0.15) is 0 Å². The molecule has 1 heterocycles. The van der Waals surface area contributed by atoms with Gasteiger partial charge in [-0.15, -0.1) is 0 Å². The molecule has 0 N–H and O–H groups in total. The molecule has 0 spiro atoms. The summed E-state index contributed by atoms with van der Waals surface area (Å²) in [6.07, 6.45) is 1.08. The lowest BCUT2D eigenvalue weighted by molar-refractivity contribution is 0.279. The highest BCUT2D eigenvalue weighted by molar-refractivity contribution is 5.14. The highest BCUT2D eigenvalue weighted by Crippen LogP contribution is 2.08. The lowest BCUT2D eigenvalue weighted by atomic mass is 10.1.